The third kappa shape index (κ3) is 3.55. The maximum atomic E-state index is 6.14. The van der Waals surface area contributed by atoms with E-state index in [1.54, 1.807) is 23.7 Å². The number of hydrogen-bond donors (Lipinski definition) is 0. The van der Waals surface area contributed by atoms with E-state index in [1.807, 2.05) is 25.1 Å². The quantitative estimate of drug-likeness (QED) is 0.716. The van der Waals surface area contributed by atoms with Gasteiger partial charge in [0.05, 0.1) is 6.10 Å². The molecular weight excluding hydrogens is 332 g/mol. The maximum Gasteiger partial charge on any atom is 0.163 e. The monoisotopic (exact) mass is 352 g/mol. The highest BCUT2D eigenvalue weighted by atomic mass is 32.1. The van der Waals surface area contributed by atoms with E-state index in [1.165, 1.54) is 5.56 Å². The molecule has 0 unspecified atom stereocenters. The Labute approximate surface area is 151 Å². The van der Waals surface area contributed by atoms with Crippen LogP contribution in [0.25, 0.3) is 11.4 Å². The molecule has 0 N–H and O–H groups in total. The first-order valence-electron chi connectivity index (χ1n) is 8.37. The molecule has 0 aliphatic carbocycles. The SMILES string of the molecule is Cc1cc(N2C[C@H](C)O[C@@H](c3ccsc3)C2)nc(-c2cccnc2)n1. The summed E-state index contributed by atoms with van der Waals surface area (Å²) in [5.41, 5.74) is 3.12. The van der Waals surface area contributed by atoms with E-state index in [0.717, 1.165) is 30.2 Å². The van der Waals surface area contributed by atoms with Crippen molar-refractivity contribution in [1.82, 2.24) is 15.0 Å². The third-order valence-electron chi connectivity index (χ3n) is 4.26. The number of anilines is 1. The number of aryl methyl sites for hydroxylation is 1. The van der Waals surface area contributed by atoms with Gasteiger partial charge in [-0.15, -0.1) is 0 Å². The first-order valence-corrected chi connectivity index (χ1v) is 9.32. The van der Waals surface area contributed by atoms with Crippen LogP contribution in [0.1, 0.15) is 24.3 Å². The van der Waals surface area contributed by atoms with Crippen molar-refractivity contribution in [1.29, 1.82) is 0 Å². The van der Waals surface area contributed by atoms with E-state index >= 15 is 0 Å². The predicted molar refractivity (Wildman–Crippen MR) is 99.8 cm³/mol. The van der Waals surface area contributed by atoms with Crippen molar-refractivity contribution in [2.75, 3.05) is 18.0 Å². The topological polar surface area (TPSA) is 51.1 Å². The van der Waals surface area contributed by atoms with Gasteiger partial charge in [-0.25, -0.2) is 9.97 Å². The molecule has 0 amide bonds. The molecule has 2 atom stereocenters. The van der Waals surface area contributed by atoms with Gasteiger partial charge in [-0.05, 0) is 48.4 Å². The molecule has 0 saturated carbocycles. The molecule has 6 heteroatoms. The first kappa shape index (κ1) is 16.2. The molecule has 1 aliphatic heterocycles. The molecular formula is C19H20N4OS. The van der Waals surface area contributed by atoms with Gasteiger partial charge >= 0.3 is 0 Å². The minimum atomic E-state index is 0.0760. The van der Waals surface area contributed by atoms with Gasteiger partial charge in [0, 0.05) is 42.8 Å². The maximum absolute atomic E-state index is 6.14. The van der Waals surface area contributed by atoms with Crippen LogP contribution >= 0.6 is 11.3 Å². The smallest absolute Gasteiger partial charge is 0.163 e. The molecule has 0 aromatic carbocycles. The summed E-state index contributed by atoms with van der Waals surface area (Å²) in [5, 5.41) is 4.25. The van der Waals surface area contributed by atoms with E-state index in [4.69, 9.17) is 9.72 Å². The number of morpholine rings is 1. The lowest BCUT2D eigenvalue weighted by atomic mass is 10.1. The zero-order chi connectivity index (χ0) is 17.2. The number of nitrogens with zero attached hydrogens (tertiary/aromatic N) is 4. The lowest BCUT2D eigenvalue weighted by Gasteiger charge is -2.37. The van der Waals surface area contributed by atoms with E-state index in [9.17, 15) is 0 Å². The third-order valence-corrected chi connectivity index (χ3v) is 4.96. The average molecular weight is 352 g/mol. The summed E-state index contributed by atoms with van der Waals surface area (Å²) in [7, 11) is 0. The predicted octanol–water partition coefficient (Wildman–Crippen LogP) is 3.87. The largest absolute Gasteiger partial charge is 0.367 e. The Bertz CT molecular complexity index is 838. The molecule has 1 aliphatic rings. The van der Waals surface area contributed by atoms with Crippen LogP contribution in [0.4, 0.5) is 5.82 Å². The Balaban J connectivity index is 1.65. The summed E-state index contributed by atoms with van der Waals surface area (Å²) >= 11 is 1.70. The van der Waals surface area contributed by atoms with Crippen LogP contribution < -0.4 is 4.90 Å². The zero-order valence-electron chi connectivity index (χ0n) is 14.3. The van der Waals surface area contributed by atoms with Crippen LogP contribution in [-0.4, -0.2) is 34.1 Å². The zero-order valence-corrected chi connectivity index (χ0v) is 15.1. The fourth-order valence-corrected chi connectivity index (χ4v) is 3.82. The van der Waals surface area contributed by atoms with Gasteiger partial charge in [-0.2, -0.15) is 11.3 Å². The lowest BCUT2D eigenvalue weighted by Crippen LogP contribution is -2.43. The number of pyridine rings is 1. The van der Waals surface area contributed by atoms with E-state index in [2.05, 4.69) is 38.6 Å². The number of ether oxygens (including phenoxy) is 1. The van der Waals surface area contributed by atoms with Gasteiger partial charge in [0.15, 0.2) is 5.82 Å². The van der Waals surface area contributed by atoms with Gasteiger partial charge in [0.2, 0.25) is 0 Å². The molecule has 4 heterocycles. The van der Waals surface area contributed by atoms with Crippen LogP contribution in [0.3, 0.4) is 0 Å². The standard InChI is InChI=1S/C19H20N4OS/c1-13-8-18(22-19(21-13)15-4-3-6-20-9-15)23-10-14(2)24-17(11-23)16-5-7-25-12-16/h3-9,12,14,17H,10-11H2,1-2H3/t14-,17+/m0/s1. The van der Waals surface area contributed by atoms with Gasteiger partial charge < -0.3 is 9.64 Å². The summed E-state index contributed by atoms with van der Waals surface area (Å²) in [5.74, 6) is 1.66. The molecule has 0 spiro atoms. The molecule has 1 saturated heterocycles. The Hall–Kier alpha value is -2.31. The van der Waals surface area contributed by atoms with Crippen LogP contribution in [0.15, 0.2) is 47.4 Å². The number of thiophene rings is 1. The number of rotatable bonds is 3. The summed E-state index contributed by atoms with van der Waals surface area (Å²) in [6.45, 7) is 5.74. The van der Waals surface area contributed by atoms with Crippen molar-refractivity contribution < 1.29 is 4.74 Å². The molecule has 4 rings (SSSR count). The summed E-state index contributed by atoms with van der Waals surface area (Å²) in [6, 6.07) is 8.08. The average Bonchev–Trinajstić information content (AvgIpc) is 3.16. The molecule has 5 nitrogen and oxygen atoms in total. The second-order valence-electron chi connectivity index (χ2n) is 6.33. The van der Waals surface area contributed by atoms with Crippen molar-refractivity contribution in [2.24, 2.45) is 0 Å². The summed E-state index contributed by atoms with van der Waals surface area (Å²) in [6.07, 6.45) is 3.78. The van der Waals surface area contributed by atoms with Crippen molar-refractivity contribution in [3.05, 3.63) is 58.7 Å². The van der Waals surface area contributed by atoms with Gasteiger partial charge in [-0.1, -0.05) is 0 Å². The first-order chi connectivity index (χ1) is 12.2. The lowest BCUT2D eigenvalue weighted by molar-refractivity contribution is -0.0174. The van der Waals surface area contributed by atoms with Gasteiger partial charge in [-0.3, -0.25) is 4.98 Å². The van der Waals surface area contributed by atoms with Crippen LogP contribution in [0, 0.1) is 6.92 Å². The fourth-order valence-electron chi connectivity index (χ4n) is 3.12. The highest BCUT2D eigenvalue weighted by Gasteiger charge is 2.28. The van der Waals surface area contributed by atoms with Crippen molar-refractivity contribution >= 4 is 17.2 Å². The van der Waals surface area contributed by atoms with Crippen LogP contribution in [0.5, 0.6) is 0 Å². The molecule has 0 radical (unpaired) electrons. The highest BCUT2D eigenvalue weighted by Crippen LogP contribution is 2.30. The molecule has 25 heavy (non-hydrogen) atoms. The summed E-state index contributed by atoms with van der Waals surface area (Å²) < 4.78 is 6.14. The molecule has 3 aromatic rings. The minimum absolute atomic E-state index is 0.0760. The van der Waals surface area contributed by atoms with E-state index in [0.29, 0.717) is 5.82 Å². The number of aromatic nitrogens is 3. The Morgan fingerprint density at radius 3 is 2.92 bits per heavy atom. The van der Waals surface area contributed by atoms with E-state index in [-0.39, 0.29) is 12.2 Å². The Morgan fingerprint density at radius 1 is 1.24 bits per heavy atom. The molecule has 128 valence electrons. The van der Waals surface area contributed by atoms with Crippen molar-refractivity contribution in [2.45, 2.75) is 26.1 Å². The number of hydrogen-bond acceptors (Lipinski definition) is 6. The fraction of sp³-hybridized carbons (Fsp3) is 0.316. The van der Waals surface area contributed by atoms with Crippen molar-refractivity contribution in [3.8, 4) is 11.4 Å². The normalized spacial score (nSPS) is 20.6. The van der Waals surface area contributed by atoms with Crippen molar-refractivity contribution in [3.63, 3.8) is 0 Å². The second kappa shape index (κ2) is 6.90. The van der Waals surface area contributed by atoms with Gasteiger partial charge in [0.25, 0.3) is 0 Å². The highest BCUT2D eigenvalue weighted by molar-refractivity contribution is 7.07. The Morgan fingerprint density at radius 2 is 2.16 bits per heavy atom. The van der Waals surface area contributed by atoms with Crippen LogP contribution in [-0.2, 0) is 4.74 Å². The Kier molecular flexibility index (Phi) is 4.46. The molecule has 0 bridgehead atoms. The minimum Gasteiger partial charge on any atom is -0.367 e. The summed E-state index contributed by atoms with van der Waals surface area (Å²) in [4.78, 5) is 15.9. The molecule has 1 fully saturated rings. The van der Waals surface area contributed by atoms with Crippen LogP contribution in [0.2, 0.25) is 0 Å². The van der Waals surface area contributed by atoms with E-state index < -0.39 is 0 Å². The molecule has 3 aromatic heterocycles. The second-order valence-corrected chi connectivity index (χ2v) is 7.11. The van der Waals surface area contributed by atoms with Gasteiger partial charge in [0.1, 0.15) is 11.9 Å².